The molecule has 1 saturated carbocycles. The van der Waals surface area contributed by atoms with Gasteiger partial charge in [0.2, 0.25) is 0 Å². The zero-order valence-electron chi connectivity index (χ0n) is 9.84. The lowest BCUT2D eigenvalue weighted by atomic mass is 9.88. The number of hydrogen-bond acceptors (Lipinski definition) is 2. The normalized spacial score (nSPS) is 18.4. The van der Waals surface area contributed by atoms with Crippen LogP contribution in [0.4, 0.5) is 0 Å². The van der Waals surface area contributed by atoms with Crippen molar-refractivity contribution in [2.24, 2.45) is 5.73 Å². The molecular weight excluding hydrogens is 210 g/mol. The van der Waals surface area contributed by atoms with Crippen LogP contribution < -0.4 is 5.73 Å². The minimum atomic E-state index is -0.164. The van der Waals surface area contributed by atoms with Crippen molar-refractivity contribution in [2.45, 2.75) is 31.2 Å². The minimum Gasteiger partial charge on any atom is -0.321 e. The summed E-state index contributed by atoms with van der Waals surface area (Å²) in [6.45, 7) is 0. The Morgan fingerprint density at radius 2 is 1.88 bits per heavy atom. The number of aromatic nitrogens is 2. The van der Waals surface area contributed by atoms with Gasteiger partial charge in [0, 0.05) is 17.9 Å². The molecule has 1 aromatic heterocycles. The summed E-state index contributed by atoms with van der Waals surface area (Å²) in [5.74, 6) is 0. The molecule has 2 N–H and O–H groups in total. The lowest BCUT2D eigenvalue weighted by Crippen LogP contribution is -2.34. The molecule has 0 radical (unpaired) electrons. The SMILES string of the molecule is NC1(c2ccccc2-n2cccn2)CCCC1. The summed E-state index contributed by atoms with van der Waals surface area (Å²) in [5.41, 5.74) is 8.72. The second-order valence-electron chi connectivity index (χ2n) is 4.83. The average Bonchev–Trinajstić information content (AvgIpc) is 3.00. The maximum absolute atomic E-state index is 6.55. The molecule has 1 aliphatic rings. The fourth-order valence-electron chi connectivity index (χ4n) is 2.78. The van der Waals surface area contributed by atoms with Gasteiger partial charge in [0.05, 0.1) is 5.69 Å². The van der Waals surface area contributed by atoms with Gasteiger partial charge in [-0.1, -0.05) is 31.0 Å². The van der Waals surface area contributed by atoms with Crippen LogP contribution in [-0.2, 0) is 5.54 Å². The number of rotatable bonds is 2. The van der Waals surface area contributed by atoms with Crippen molar-refractivity contribution in [3.05, 3.63) is 48.3 Å². The highest BCUT2D eigenvalue weighted by atomic mass is 15.3. The molecule has 0 spiro atoms. The molecule has 0 atom stereocenters. The third-order valence-corrected chi connectivity index (χ3v) is 3.69. The molecular formula is C14H17N3. The fourth-order valence-corrected chi connectivity index (χ4v) is 2.78. The molecule has 2 aromatic rings. The van der Waals surface area contributed by atoms with E-state index < -0.39 is 0 Å². The van der Waals surface area contributed by atoms with Crippen molar-refractivity contribution < 1.29 is 0 Å². The smallest absolute Gasteiger partial charge is 0.0696 e. The largest absolute Gasteiger partial charge is 0.321 e. The van der Waals surface area contributed by atoms with E-state index in [-0.39, 0.29) is 5.54 Å². The van der Waals surface area contributed by atoms with Crippen LogP contribution in [0.2, 0.25) is 0 Å². The Hall–Kier alpha value is -1.61. The molecule has 1 fully saturated rings. The molecule has 3 heteroatoms. The monoisotopic (exact) mass is 227 g/mol. The van der Waals surface area contributed by atoms with E-state index in [2.05, 4.69) is 23.3 Å². The lowest BCUT2D eigenvalue weighted by molar-refractivity contribution is 0.459. The maximum Gasteiger partial charge on any atom is 0.0696 e. The van der Waals surface area contributed by atoms with E-state index in [0.717, 1.165) is 18.5 Å². The second-order valence-corrected chi connectivity index (χ2v) is 4.83. The number of benzene rings is 1. The van der Waals surface area contributed by atoms with Crippen molar-refractivity contribution in [3.63, 3.8) is 0 Å². The van der Waals surface area contributed by atoms with Crippen LogP contribution in [-0.4, -0.2) is 9.78 Å². The molecule has 1 aromatic carbocycles. The highest BCUT2D eigenvalue weighted by Crippen LogP contribution is 2.38. The van der Waals surface area contributed by atoms with Gasteiger partial charge in [0.25, 0.3) is 0 Å². The van der Waals surface area contributed by atoms with Gasteiger partial charge in [0.15, 0.2) is 0 Å². The Morgan fingerprint density at radius 1 is 1.12 bits per heavy atom. The third kappa shape index (κ3) is 1.76. The van der Waals surface area contributed by atoms with Gasteiger partial charge in [0.1, 0.15) is 0 Å². The first-order valence-corrected chi connectivity index (χ1v) is 6.18. The summed E-state index contributed by atoms with van der Waals surface area (Å²) in [4.78, 5) is 0. The van der Waals surface area contributed by atoms with E-state index in [1.807, 2.05) is 23.0 Å². The highest BCUT2D eigenvalue weighted by molar-refractivity contribution is 5.45. The predicted molar refractivity (Wildman–Crippen MR) is 67.9 cm³/mol. The molecule has 1 aliphatic carbocycles. The van der Waals surface area contributed by atoms with Crippen LogP contribution >= 0.6 is 0 Å². The molecule has 0 unspecified atom stereocenters. The van der Waals surface area contributed by atoms with Crippen molar-refractivity contribution in [3.8, 4) is 5.69 Å². The van der Waals surface area contributed by atoms with Crippen LogP contribution in [0.3, 0.4) is 0 Å². The van der Waals surface area contributed by atoms with Crippen molar-refractivity contribution in [1.82, 2.24) is 9.78 Å². The van der Waals surface area contributed by atoms with E-state index in [0.29, 0.717) is 0 Å². The van der Waals surface area contributed by atoms with Crippen LogP contribution in [0.1, 0.15) is 31.2 Å². The van der Waals surface area contributed by atoms with Gasteiger partial charge >= 0.3 is 0 Å². The summed E-state index contributed by atoms with van der Waals surface area (Å²) in [6.07, 6.45) is 8.37. The van der Waals surface area contributed by atoms with Crippen LogP contribution in [0.25, 0.3) is 5.69 Å². The predicted octanol–water partition coefficient (Wildman–Crippen LogP) is 2.60. The van der Waals surface area contributed by atoms with E-state index >= 15 is 0 Å². The molecule has 88 valence electrons. The molecule has 0 amide bonds. The lowest BCUT2D eigenvalue weighted by Gasteiger charge is -2.26. The summed E-state index contributed by atoms with van der Waals surface area (Å²) in [7, 11) is 0. The number of para-hydroxylation sites is 1. The summed E-state index contributed by atoms with van der Waals surface area (Å²) >= 11 is 0. The van der Waals surface area contributed by atoms with Crippen molar-refractivity contribution in [1.29, 1.82) is 0 Å². The van der Waals surface area contributed by atoms with Crippen molar-refractivity contribution in [2.75, 3.05) is 0 Å². The quantitative estimate of drug-likeness (QED) is 0.857. The third-order valence-electron chi connectivity index (χ3n) is 3.69. The Bertz CT molecular complexity index is 496. The Labute approximate surface area is 101 Å². The Kier molecular flexibility index (Phi) is 2.48. The Balaban J connectivity index is 2.11. The number of hydrogen-bond donors (Lipinski definition) is 1. The topological polar surface area (TPSA) is 43.8 Å². The van der Waals surface area contributed by atoms with Crippen LogP contribution in [0, 0.1) is 0 Å². The van der Waals surface area contributed by atoms with Crippen molar-refractivity contribution >= 4 is 0 Å². The molecule has 3 nitrogen and oxygen atoms in total. The highest BCUT2D eigenvalue weighted by Gasteiger charge is 2.33. The number of nitrogens with zero attached hydrogens (tertiary/aromatic N) is 2. The van der Waals surface area contributed by atoms with E-state index in [9.17, 15) is 0 Å². The Morgan fingerprint density at radius 3 is 2.59 bits per heavy atom. The first kappa shape index (κ1) is 10.5. The first-order valence-electron chi connectivity index (χ1n) is 6.18. The summed E-state index contributed by atoms with van der Waals surface area (Å²) < 4.78 is 1.91. The first-order chi connectivity index (χ1) is 8.30. The minimum absolute atomic E-state index is 0.164. The molecule has 17 heavy (non-hydrogen) atoms. The van der Waals surface area contributed by atoms with Gasteiger partial charge in [-0.3, -0.25) is 0 Å². The molecule has 0 bridgehead atoms. The van der Waals surface area contributed by atoms with Gasteiger partial charge in [-0.25, -0.2) is 4.68 Å². The molecule has 0 aliphatic heterocycles. The molecule has 3 rings (SSSR count). The van der Waals surface area contributed by atoms with Gasteiger partial charge in [-0.15, -0.1) is 0 Å². The second kappa shape index (κ2) is 4.00. The average molecular weight is 227 g/mol. The zero-order valence-corrected chi connectivity index (χ0v) is 9.84. The van der Waals surface area contributed by atoms with E-state index in [1.54, 1.807) is 6.20 Å². The summed E-state index contributed by atoms with van der Waals surface area (Å²) in [5, 5.41) is 4.31. The fraction of sp³-hybridized carbons (Fsp3) is 0.357. The van der Waals surface area contributed by atoms with E-state index in [1.165, 1.54) is 18.4 Å². The van der Waals surface area contributed by atoms with Crippen LogP contribution in [0.5, 0.6) is 0 Å². The van der Waals surface area contributed by atoms with Gasteiger partial charge < -0.3 is 5.73 Å². The maximum atomic E-state index is 6.55. The molecule has 1 heterocycles. The van der Waals surface area contributed by atoms with E-state index in [4.69, 9.17) is 5.73 Å². The number of nitrogens with two attached hydrogens (primary N) is 1. The standard InChI is InChI=1S/C14H17N3/c15-14(8-3-4-9-14)12-6-1-2-7-13(12)17-11-5-10-16-17/h1-2,5-7,10-11H,3-4,8-9,15H2. The van der Waals surface area contributed by atoms with Gasteiger partial charge in [-0.05, 0) is 30.5 Å². The molecule has 0 saturated heterocycles. The van der Waals surface area contributed by atoms with Gasteiger partial charge in [-0.2, -0.15) is 5.10 Å². The zero-order chi connectivity index (χ0) is 11.7. The van der Waals surface area contributed by atoms with Crippen LogP contribution in [0.15, 0.2) is 42.7 Å². The summed E-state index contributed by atoms with van der Waals surface area (Å²) in [6, 6.07) is 10.3.